The van der Waals surface area contributed by atoms with Crippen molar-refractivity contribution in [2.45, 2.75) is 26.3 Å². The Kier molecular flexibility index (Phi) is 6.16. The Labute approximate surface area is 172 Å². The highest BCUT2D eigenvalue weighted by atomic mass is 127. The minimum atomic E-state index is 0.475. The van der Waals surface area contributed by atoms with Gasteiger partial charge in [-0.25, -0.2) is 4.98 Å². The summed E-state index contributed by atoms with van der Waals surface area (Å²) in [5, 5.41) is 0. The molecule has 0 N–H and O–H groups in total. The number of aldehydes is 1. The summed E-state index contributed by atoms with van der Waals surface area (Å²) in [6.45, 7) is 5.55. The molecule has 0 bridgehead atoms. The summed E-state index contributed by atoms with van der Waals surface area (Å²) < 4.78 is 13.8. The van der Waals surface area contributed by atoms with Crippen molar-refractivity contribution in [3.63, 3.8) is 0 Å². The predicted molar refractivity (Wildman–Crippen MR) is 116 cm³/mol. The second-order valence-electron chi connectivity index (χ2n) is 6.65. The SMILES string of the molecule is COCCn1c(-c2ccc(C(C)C)cc2)nc2c(I)c(C=O)cc(OC)c21. The zero-order valence-electron chi connectivity index (χ0n) is 16.0. The van der Waals surface area contributed by atoms with Gasteiger partial charge >= 0.3 is 0 Å². The van der Waals surface area contributed by atoms with Crippen molar-refractivity contribution in [2.24, 2.45) is 0 Å². The molecule has 3 aromatic rings. The summed E-state index contributed by atoms with van der Waals surface area (Å²) in [4.78, 5) is 16.3. The molecule has 2 aromatic carbocycles. The topological polar surface area (TPSA) is 53.4 Å². The Hall–Kier alpha value is -1.93. The van der Waals surface area contributed by atoms with E-state index in [0.29, 0.717) is 30.4 Å². The van der Waals surface area contributed by atoms with E-state index in [9.17, 15) is 4.79 Å². The largest absolute Gasteiger partial charge is 0.494 e. The molecule has 0 aliphatic carbocycles. The van der Waals surface area contributed by atoms with Gasteiger partial charge in [-0.2, -0.15) is 0 Å². The average Bonchev–Trinajstić information content (AvgIpc) is 3.07. The van der Waals surface area contributed by atoms with Gasteiger partial charge in [0.2, 0.25) is 0 Å². The smallest absolute Gasteiger partial charge is 0.151 e. The van der Waals surface area contributed by atoms with Gasteiger partial charge in [0.05, 0.1) is 17.3 Å². The van der Waals surface area contributed by atoms with E-state index in [-0.39, 0.29) is 0 Å². The van der Waals surface area contributed by atoms with Crippen LogP contribution >= 0.6 is 22.6 Å². The monoisotopic (exact) mass is 478 g/mol. The molecule has 0 spiro atoms. The van der Waals surface area contributed by atoms with Crippen LogP contribution in [0.25, 0.3) is 22.4 Å². The van der Waals surface area contributed by atoms with Gasteiger partial charge in [-0.05, 0) is 40.1 Å². The number of imidazole rings is 1. The standard InChI is InChI=1S/C21H23IN2O3/c1-13(2)14-5-7-15(8-6-14)21-23-19-18(22)16(12-25)11-17(27-4)20(19)24(21)9-10-26-3/h5-8,11-13H,9-10H2,1-4H3. The molecule has 27 heavy (non-hydrogen) atoms. The molecule has 0 fully saturated rings. The van der Waals surface area contributed by atoms with Crippen LogP contribution in [0.1, 0.15) is 35.7 Å². The number of halogens is 1. The van der Waals surface area contributed by atoms with E-state index in [4.69, 9.17) is 14.5 Å². The summed E-state index contributed by atoms with van der Waals surface area (Å²) in [5.41, 5.74) is 4.55. The number of nitrogens with zero attached hydrogens (tertiary/aromatic N) is 2. The first kappa shape index (κ1) is 19.8. The van der Waals surface area contributed by atoms with Crippen molar-refractivity contribution in [1.29, 1.82) is 0 Å². The molecule has 3 rings (SSSR count). The zero-order chi connectivity index (χ0) is 19.6. The van der Waals surface area contributed by atoms with E-state index in [1.54, 1.807) is 20.3 Å². The maximum absolute atomic E-state index is 11.5. The van der Waals surface area contributed by atoms with Gasteiger partial charge in [0.15, 0.2) is 6.29 Å². The first-order valence-corrected chi connectivity index (χ1v) is 9.90. The van der Waals surface area contributed by atoms with E-state index in [1.807, 2.05) is 0 Å². The number of fused-ring (bicyclic) bond motifs is 1. The van der Waals surface area contributed by atoms with E-state index in [1.165, 1.54) is 5.56 Å². The fraction of sp³-hybridized carbons (Fsp3) is 0.333. The van der Waals surface area contributed by atoms with Crippen LogP contribution in [0.4, 0.5) is 0 Å². The Bertz CT molecular complexity index is 962. The highest BCUT2D eigenvalue weighted by Gasteiger charge is 2.21. The van der Waals surface area contributed by atoms with Gasteiger partial charge in [-0.15, -0.1) is 0 Å². The van der Waals surface area contributed by atoms with Gasteiger partial charge in [0.25, 0.3) is 0 Å². The first-order chi connectivity index (χ1) is 13.0. The van der Waals surface area contributed by atoms with Crippen LogP contribution in [0.3, 0.4) is 0 Å². The zero-order valence-corrected chi connectivity index (χ0v) is 18.1. The minimum absolute atomic E-state index is 0.475. The second kappa shape index (κ2) is 8.39. The number of ether oxygens (including phenoxy) is 2. The van der Waals surface area contributed by atoms with Gasteiger partial charge < -0.3 is 14.0 Å². The molecule has 0 saturated heterocycles. The number of benzene rings is 2. The molecule has 0 unspecified atom stereocenters. The molecular formula is C21H23IN2O3. The van der Waals surface area contributed by atoms with Crippen LogP contribution in [0.5, 0.6) is 5.75 Å². The Morgan fingerprint density at radius 1 is 1.22 bits per heavy atom. The van der Waals surface area contributed by atoms with E-state index in [0.717, 1.165) is 32.3 Å². The van der Waals surface area contributed by atoms with Gasteiger partial charge in [-0.3, -0.25) is 4.79 Å². The van der Waals surface area contributed by atoms with Crippen LogP contribution < -0.4 is 4.74 Å². The molecule has 0 saturated carbocycles. The quantitative estimate of drug-likeness (QED) is 0.358. The maximum atomic E-state index is 11.5. The fourth-order valence-corrected chi connectivity index (χ4v) is 3.80. The predicted octanol–water partition coefficient (Wildman–Crippen LogP) is 4.90. The number of hydrogen-bond donors (Lipinski definition) is 0. The highest BCUT2D eigenvalue weighted by Crippen LogP contribution is 2.35. The number of carbonyl (C=O) groups excluding carboxylic acids is 1. The lowest BCUT2D eigenvalue weighted by molar-refractivity contribution is 0.112. The van der Waals surface area contributed by atoms with Crippen LogP contribution in [0.2, 0.25) is 0 Å². The third-order valence-corrected chi connectivity index (χ3v) is 5.78. The number of carbonyl (C=O) groups is 1. The summed E-state index contributed by atoms with van der Waals surface area (Å²) in [6.07, 6.45) is 0.842. The van der Waals surface area contributed by atoms with Gasteiger partial charge in [0, 0.05) is 24.8 Å². The van der Waals surface area contributed by atoms with Crippen molar-refractivity contribution < 1.29 is 14.3 Å². The number of methoxy groups -OCH3 is 2. The van der Waals surface area contributed by atoms with Gasteiger partial charge in [0.1, 0.15) is 22.6 Å². The minimum Gasteiger partial charge on any atom is -0.494 e. The highest BCUT2D eigenvalue weighted by molar-refractivity contribution is 14.1. The van der Waals surface area contributed by atoms with Gasteiger partial charge in [-0.1, -0.05) is 38.1 Å². The van der Waals surface area contributed by atoms with Crippen LogP contribution in [0, 0.1) is 3.57 Å². The van der Waals surface area contributed by atoms with Crippen molar-refractivity contribution >= 4 is 39.9 Å². The number of rotatable bonds is 7. The number of aromatic nitrogens is 2. The van der Waals surface area contributed by atoms with Crippen molar-refractivity contribution in [3.05, 3.63) is 45.0 Å². The lowest BCUT2D eigenvalue weighted by Crippen LogP contribution is -2.07. The molecule has 5 nitrogen and oxygen atoms in total. The third-order valence-electron chi connectivity index (χ3n) is 4.65. The van der Waals surface area contributed by atoms with E-state index >= 15 is 0 Å². The molecule has 0 radical (unpaired) electrons. The number of hydrogen-bond acceptors (Lipinski definition) is 4. The summed E-state index contributed by atoms with van der Waals surface area (Å²) in [6, 6.07) is 10.2. The molecule has 6 heteroatoms. The average molecular weight is 478 g/mol. The second-order valence-corrected chi connectivity index (χ2v) is 7.73. The Morgan fingerprint density at radius 3 is 2.48 bits per heavy atom. The lowest BCUT2D eigenvalue weighted by atomic mass is 10.0. The van der Waals surface area contributed by atoms with Crippen molar-refractivity contribution in [1.82, 2.24) is 9.55 Å². The Balaban J connectivity index is 2.27. The summed E-state index contributed by atoms with van der Waals surface area (Å²) in [7, 11) is 3.29. The molecule has 142 valence electrons. The molecule has 1 aromatic heterocycles. The van der Waals surface area contributed by atoms with Crippen LogP contribution in [-0.4, -0.2) is 36.7 Å². The third kappa shape index (κ3) is 3.73. The van der Waals surface area contributed by atoms with E-state index < -0.39 is 0 Å². The fourth-order valence-electron chi connectivity index (χ4n) is 3.14. The summed E-state index contributed by atoms with van der Waals surface area (Å²) >= 11 is 2.18. The normalized spacial score (nSPS) is 11.3. The molecule has 0 atom stereocenters. The van der Waals surface area contributed by atoms with Crippen molar-refractivity contribution in [3.8, 4) is 17.1 Å². The van der Waals surface area contributed by atoms with E-state index in [2.05, 4.69) is 65.3 Å². The first-order valence-electron chi connectivity index (χ1n) is 8.83. The molecular weight excluding hydrogens is 455 g/mol. The Morgan fingerprint density at radius 2 is 1.93 bits per heavy atom. The van der Waals surface area contributed by atoms with Crippen molar-refractivity contribution in [2.75, 3.05) is 20.8 Å². The molecule has 0 amide bonds. The molecule has 0 aliphatic rings. The summed E-state index contributed by atoms with van der Waals surface area (Å²) in [5.74, 6) is 1.96. The lowest BCUT2D eigenvalue weighted by Gasteiger charge is -2.12. The molecule has 1 heterocycles. The van der Waals surface area contributed by atoms with Crippen LogP contribution in [0.15, 0.2) is 30.3 Å². The van der Waals surface area contributed by atoms with Crippen LogP contribution in [-0.2, 0) is 11.3 Å². The maximum Gasteiger partial charge on any atom is 0.151 e. The molecule has 0 aliphatic heterocycles.